The van der Waals surface area contributed by atoms with E-state index in [2.05, 4.69) is 4.99 Å². The second kappa shape index (κ2) is 5.38. The van der Waals surface area contributed by atoms with Crippen molar-refractivity contribution in [1.82, 2.24) is 0 Å². The van der Waals surface area contributed by atoms with Crippen LogP contribution in [-0.2, 0) is 9.84 Å². The molecule has 0 bridgehead atoms. The van der Waals surface area contributed by atoms with Gasteiger partial charge in [0.2, 0.25) is 0 Å². The van der Waals surface area contributed by atoms with Gasteiger partial charge in [-0.1, -0.05) is 19.3 Å². The van der Waals surface area contributed by atoms with E-state index in [-0.39, 0.29) is 11.8 Å². The van der Waals surface area contributed by atoms with Gasteiger partial charge < -0.3 is 5.73 Å². The Labute approximate surface area is 104 Å². The predicted octanol–water partition coefficient (Wildman–Crippen LogP) is 1.50. The number of nitrogens with two attached hydrogens (primary N) is 1. The first-order valence-corrected chi connectivity index (χ1v) is 8.42. The number of amidine groups is 1. The summed E-state index contributed by atoms with van der Waals surface area (Å²) in [7, 11) is -2.87. The third kappa shape index (κ3) is 3.69. The quantitative estimate of drug-likeness (QED) is 0.602. The second-order valence-electron chi connectivity index (χ2n) is 5.30. The summed E-state index contributed by atoms with van der Waals surface area (Å²) in [6.07, 6.45) is 7.58. The van der Waals surface area contributed by atoms with E-state index in [9.17, 15) is 8.42 Å². The lowest BCUT2D eigenvalue weighted by Crippen LogP contribution is -2.33. The molecule has 0 radical (unpaired) electrons. The first kappa shape index (κ1) is 12.9. The highest BCUT2D eigenvalue weighted by Gasteiger charge is 2.25. The molecule has 1 atom stereocenters. The van der Waals surface area contributed by atoms with Gasteiger partial charge in [0.05, 0.1) is 23.4 Å². The molecule has 0 amide bonds. The summed E-state index contributed by atoms with van der Waals surface area (Å²) in [5, 5.41) is 0. The van der Waals surface area contributed by atoms with Crippen LogP contribution in [-0.4, -0.2) is 31.8 Å². The fourth-order valence-electron chi connectivity index (χ4n) is 2.82. The normalized spacial score (nSPS) is 31.3. The summed E-state index contributed by atoms with van der Waals surface area (Å²) in [5.41, 5.74) is 6.02. The molecule has 2 fully saturated rings. The Kier molecular flexibility index (Phi) is 4.07. The zero-order valence-corrected chi connectivity index (χ0v) is 11.1. The van der Waals surface area contributed by atoms with Crippen LogP contribution in [0.15, 0.2) is 4.99 Å². The lowest BCUT2D eigenvalue weighted by molar-refractivity contribution is 0.434. The molecule has 0 aromatic rings. The SMILES string of the molecule is NC(=NC1CCCS(=O)(=O)C1)C1CCCCC1. The molecule has 1 heterocycles. The Morgan fingerprint density at radius 1 is 1.06 bits per heavy atom. The Hall–Kier alpha value is -0.580. The highest BCUT2D eigenvalue weighted by atomic mass is 32.2. The highest BCUT2D eigenvalue weighted by molar-refractivity contribution is 7.91. The highest BCUT2D eigenvalue weighted by Crippen LogP contribution is 2.24. The molecule has 5 heteroatoms. The Morgan fingerprint density at radius 2 is 1.76 bits per heavy atom. The monoisotopic (exact) mass is 258 g/mol. The van der Waals surface area contributed by atoms with E-state index in [4.69, 9.17) is 5.73 Å². The molecule has 2 N–H and O–H groups in total. The third-order valence-corrected chi connectivity index (χ3v) is 5.60. The van der Waals surface area contributed by atoms with Crippen molar-refractivity contribution in [1.29, 1.82) is 0 Å². The van der Waals surface area contributed by atoms with Crippen molar-refractivity contribution in [2.75, 3.05) is 11.5 Å². The van der Waals surface area contributed by atoms with E-state index in [1.807, 2.05) is 0 Å². The molecule has 17 heavy (non-hydrogen) atoms. The van der Waals surface area contributed by atoms with Gasteiger partial charge in [-0.3, -0.25) is 4.99 Å². The maximum atomic E-state index is 11.5. The van der Waals surface area contributed by atoms with Crippen LogP contribution in [0.2, 0.25) is 0 Å². The van der Waals surface area contributed by atoms with Crippen LogP contribution in [0, 0.1) is 5.92 Å². The van der Waals surface area contributed by atoms with E-state index < -0.39 is 9.84 Å². The van der Waals surface area contributed by atoms with Gasteiger partial charge in [0, 0.05) is 5.92 Å². The number of hydrogen-bond donors (Lipinski definition) is 1. The van der Waals surface area contributed by atoms with Crippen LogP contribution < -0.4 is 5.73 Å². The van der Waals surface area contributed by atoms with E-state index in [1.54, 1.807) is 0 Å². The van der Waals surface area contributed by atoms with Gasteiger partial charge in [0.15, 0.2) is 9.84 Å². The van der Waals surface area contributed by atoms with Gasteiger partial charge in [-0.05, 0) is 25.7 Å². The summed E-state index contributed by atoms with van der Waals surface area (Å²) in [6.45, 7) is 0. The Bertz CT molecular complexity index is 383. The number of nitrogens with zero attached hydrogens (tertiary/aromatic N) is 1. The van der Waals surface area contributed by atoms with Gasteiger partial charge in [0.1, 0.15) is 0 Å². The van der Waals surface area contributed by atoms with Crippen molar-refractivity contribution in [3.05, 3.63) is 0 Å². The van der Waals surface area contributed by atoms with Crippen molar-refractivity contribution in [2.24, 2.45) is 16.6 Å². The van der Waals surface area contributed by atoms with Crippen molar-refractivity contribution >= 4 is 15.7 Å². The molecule has 0 aromatic heterocycles. The minimum atomic E-state index is -2.87. The lowest BCUT2D eigenvalue weighted by atomic mass is 9.88. The molecule has 98 valence electrons. The Balaban J connectivity index is 1.97. The zero-order chi connectivity index (χ0) is 12.3. The molecular weight excluding hydrogens is 236 g/mol. The molecule has 4 nitrogen and oxygen atoms in total. The minimum absolute atomic E-state index is 0.0873. The predicted molar refractivity (Wildman–Crippen MR) is 69.9 cm³/mol. The number of aliphatic imine (C=N–C) groups is 1. The molecule has 1 saturated heterocycles. The topological polar surface area (TPSA) is 72.5 Å². The summed E-state index contributed by atoms with van der Waals surface area (Å²) < 4.78 is 23.0. The van der Waals surface area contributed by atoms with Crippen LogP contribution in [0.4, 0.5) is 0 Å². The van der Waals surface area contributed by atoms with Crippen molar-refractivity contribution in [2.45, 2.75) is 51.0 Å². The molecule has 0 aromatic carbocycles. The van der Waals surface area contributed by atoms with Gasteiger partial charge >= 0.3 is 0 Å². The zero-order valence-electron chi connectivity index (χ0n) is 10.3. The largest absolute Gasteiger partial charge is 0.387 e. The fraction of sp³-hybridized carbons (Fsp3) is 0.917. The molecule has 1 aliphatic heterocycles. The van der Waals surface area contributed by atoms with E-state index in [1.165, 1.54) is 19.3 Å². The number of sulfone groups is 1. The first-order valence-electron chi connectivity index (χ1n) is 6.60. The fourth-order valence-corrected chi connectivity index (χ4v) is 4.42. The summed E-state index contributed by atoms with van der Waals surface area (Å²) in [4.78, 5) is 4.47. The van der Waals surface area contributed by atoms with Crippen LogP contribution in [0.3, 0.4) is 0 Å². The maximum Gasteiger partial charge on any atom is 0.152 e. The molecule has 0 spiro atoms. The van der Waals surface area contributed by atoms with Crippen LogP contribution >= 0.6 is 0 Å². The number of rotatable bonds is 2. The van der Waals surface area contributed by atoms with Crippen molar-refractivity contribution in [3.63, 3.8) is 0 Å². The summed E-state index contributed by atoms with van der Waals surface area (Å²) in [6, 6.07) is -0.0873. The molecule has 2 rings (SSSR count). The standard InChI is InChI=1S/C12H22N2O2S/c13-12(10-5-2-1-3-6-10)14-11-7-4-8-17(15,16)9-11/h10-11H,1-9H2,(H2,13,14). The number of hydrogen-bond acceptors (Lipinski definition) is 3. The molecule has 1 aliphatic carbocycles. The summed E-state index contributed by atoms with van der Waals surface area (Å²) in [5.74, 6) is 1.61. The molecule has 2 aliphatic rings. The molecular formula is C12H22N2O2S. The molecule has 1 unspecified atom stereocenters. The van der Waals surface area contributed by atoms with Crippen molar-refractivity contribution in [3.8, 4) is 0 Å². The Morgan fingerprint density at radius 3 is 2.41 bits per heavy atom. The van der Waals surface area contributed by atoms with Crippen LogP contribution in [0.1, 0.15) is 44.9 Å². The lowest BCUT2D eigenvalue weighted by Gasteiger charge is -2.24. The average Bonchev–Trinajstić information content (AvgIpc) is 2.29. The van der Waals surface area contributed by atoms with E-state index in [0.29, 0.717) is 17.5 Å². The first-order chi connectivity index (χ1) is 8.07. The smallest absolute Gasteiger partial charge is 0.152 e. The van der Waals surface area contributed by atoms with Gasteiger partial charge in [-0.15, -0.1) is 0 Å². The maximum absolute atomic E-state index is 11.5. The van der Waals surface area contributed by atoms with Gasteiger partial charge in [-0.25, -0.2) is 8.42 Å². The van der Waals surface area contributed by atoms with Crippen LogP contribution in [0.25, 0.3) is 0 Å². The van der Waals surface area contributed by atoms with E-state index in [0.717, 1.165) is 25.7 Å². The summed E-state index contributed by atoms with van der Waals surface area (Å²) >= 11 is 0. The van der Waals surface area contributed by atoms with E-state index >= 15 is 0 Å². The third-order valence-electron chi connectivity index (χ3n) is 3.79. The van der Waals surface area contributed by atoms with Crippen LogP contribution in [0.5, 0.6) is 0 Å². The average molecular weight is 258 g/mol. The second-order valence-corrected chi connectivity index (χ2v) is 7.53. The van der Waals surface area contributed by atoms with Gasteiger partial charge in [-0.2, -0.15) is 0 Å². The van der Waals surface area contributed by atoms with Crippen molar-refractivity contribution < 1.29 is 8.42 Å². The minimum Gasteiger partial charge on any atom is -0.387 e. The molecule has 1 saturated carbocycles. The van der Waals surface area contributed by atoms with Gasteiger partial charge in [0.25, 0.3) is 0 Å².